The van der Waals surface area contributed by atoms with E-state index >= 15 is 0 Å². The number of aliphatic hydroxyl groups is 1. The van der Waals surface area contributed by atoms with Crippen molar-refractivity contribution >= 4 is 17.1 Å². The van der Waals surface area contributed by atoms with Gasteiger partial charge in [0.1, 0.15) is 6.04 Å². The molecule has 2 heterocycles. The second kappa shape index (κ2) is 11.5. The average Bonchev–Trinajstić information content (AvgIpc) is 3.10. The molecule has 4 N–H and O–H groups in total. The van der Waals surface area contributed by atoms with E-state index in [-0.39, 0.29) is 23.8 Å². The van der Waals surface area contributed by atoms with E-state index in [1.54, 1.807) is 29.3 Å². The summed E-state index contributed by atoms with van der Waals surface area (Å²) in [6.07, 6.45) is 3.63. The van der Waals surface area contributed by atoms with Gasteiger partial charge in [0, 0.05) is 26.2 Å². The largest absolute Gasteiger partial charge is 0.480 e. The first kappa shape index (κ1) is 24.6. The molecule has 0 saturated heterocycles. The number of aliphatic carboxylic acids is 1. The summed E-state index contributed by atoms with van der Waals surface area (Å²) in [5.41, 5.74) is 5.47. The number of aryl methyl sites for hydroxylation is 2. The molecular formula is C19H33N5O5. The number of carbonyl (C=O) groups is 1. The first-order valence-electron chi connectivity index (χ1n) is 9.98. The molecule has 0 bridgehead atoms. The van der Waals surface area contributed by atoms with Crippen molar-refractivity contribution in [1.82, 2.24) is 18.7 Å². The fourth-order valence-electron chi connectivity index (χ4n) is 2.78. The third-order valence-electron chi connectivity index (χ3n) is 4.44. The lowest BCUT2D eigenvalue weighted by Crippen LogP contribution is -2.40. The summed E-state index contributed by atoms with van der Waals surface area (Å²) >= 11 is 0. The second-order valence-electron chi connectivity index (χ2n) is 7.19. The Hall–Kier alpha value is -2.46. The zero-order chi connectivity index (χ0) is 22.1. The van der Waals surface area contributed by atoms with Crippen LogP contribution in [0.5, 0.6) is 0 Å². The Labute approximate surface area is 169 Å². The van der Waals surface area contributed by atoms with E-state index in [1.807, 2.05) is 13.8 Å². The minimum Gasteiger partial charge on any atom is -0.480 e. The summed E-state index contributed by atoms with van der Waals surface area (Å²) in [5, 5.41) is 17.2. The number of imidazole rings is 1. The number of hydrogen-bond donors (Lipinski definition) is 3. The van der Waals surface area contributed by atoms with E-state index < -0.39 is 12.0 Å². The van der Waals surface area contributed by atoms with Crippen LogP contribution in [-0.2, 0) is 24.4 Å². The Morgan fingerprint density at radius 3 is 2.17 bits per heavy atom. The summed E-state index contributed by atoms with van der Waals surface area (Å²) in [6, 6.07) is -0.713. The van der Waals surface area contributed by atoms with E-state index in [0.717, 1.165) is 12.8 Å². The van der Waals surface area contributed by atoms with Crippen LogP contribution in [0.25, 0.3) is 11.2 Å². The van der Waals surface area contributed by atoms with Gasteiger partial charge < -0.3 is 20.5 Å². The zero-order valence-electron chi connectivity index (χ0n) is 17.7. The first-order chi connectivity index (χ1) is 13.7. The predicted molar refractivity (Wildman–Crippen MR) is 111 cm³/mol. The first-order valence-corrected chi connectivity index (χ1v) is 9.98. The number of nitrogens with zero attached hydrogens (tertiary/aromatic N) is 4. The second-order valence-corrected chi connectivity index (χ2v) is 7.19. The molecule has 0 amide bonds. The number of carboxylic acid groups (broad SMARTS) is 1. The van der Waals surface area contributed by atoms with Gasteiger partial charge in [-0.05, 0) is 25.2 Å². The topological polar surface area (TPSA) is 145 Å². The van der Waals surface area contributed by atoms with Gasteiger partial charge in [0.05, 0.1) is 6.33 Å². The van der Waals surface area contributed by atoms with Gasteiger partial charge in [-0.3, -0.25) is 18.7 Å². The lowest BCUT2D eigenvalue weighted by Gasteiger charge is -2.11. The van der Waals surface area contributed by atoms with Crippen molar-refractivity contribution < 1.29 is 15.0 Å². The Bertz CT molecular complexity index is 912. The third-order valence-corrected chi connectivity index (χ3v) is 4.44. The maximum Gasteiger partial charge on any atom is 0.332 e. The van der Waals surface area contributed by atoms with Crippen LogP contribution in [0, 0.1) is 5.92 Å². The summed E-state index contributed by atoms with van der Waals surface area (Å²) in [4.78, 5) is 39.3. The fourth-order valence-corrected chi connectivity index (χ4v) is 2.78. The van der Waals surface area contributed by atoms with E-state index in [4.69, 9.17) is 15.9 Å². The van der Waals surface area contributed by atoms with Gasteiger partial charge in [-0.15, -0.1) is 0 Å². The lowest BCUT2D eigenvalue weighted by molar-refractivity contribution is -0.139. The van der Waals surface area contributed by atoms with Gasteiger partial charge in [-0.25, -0.2) is 9.78 Å². The molecule has 10 nitrogen and oxygen atoms in total. The molecule has 10 heteroatoms. The normalized spacial score (nSPS) is 12.1. The highest BCUT2D eigenvalue weighted by Crippen LogP contribution is 2.08. The van der Waals surface area contributed by atoms with E-state index in [9.17, 15) is 14.4 Å². The minimum atomic E-state index is -0.931. The van der Waals surface area contributed by atoms with Crippen LogP contribution in [0.3, 0.4) is 0 Å². The highest BCUT2D eigenvalue weighted by atomic mass is 16.4. The number of aromatic nitrogens is 4. The maximum atomic E-state index is 12.6. The van der Waals surface area contributed by atoms with Gasteiger partial charge >= 0.3 is 11.7 Å². The Morgan fingerprint density at radius 1 is 1.14 bits per heavy atom. The molecule has 164 valence electrons. The van der Waals surface area contributed by atoms with Gasteiger partial charge in [-0.2, -0.15) is 0 Å². The molecule has 0 unspecified atom stereocenters. The van der Waals surface area contributed by atoms with Crippen LogP contribution in [0.2, 0.25) is 0 Å². The van der Waals surface area contributed by atoms with Gasteiger partial charge in [0.15, 0.2) is 11.2 Å². The molecule has 0 saturated carbocycles. The summed E-state index contributed by atoms with van der Waals surface area (Å²) in [7, 11) is 0. The van der Waals surface area contributed by atoms with Crippen LogP contribution in [0.4, 0.5) is 0 Å². The standard InChI is InChI=1S/C14H22N4O3.C5H11NO2/c1-3-6-17-12-11(16(10-15-12)8-5-9-19)13(20)18(7-4-2)14(17)21;1-3(2)4(6)5(7)8/h10,19H,3-9H2,1-2H3;3-4H,6H2,1-2H3,(H,7,8)/t;4-/m.0/s1. The smallest absolute Gasteiger partial charge is 0.332 e. The molecule has 1 atom stereocenters. The van der Waals surface area contributed by atoms with Crippen molar-refractivity contribution in [2.24, 2.45) is 11.7 Å². The van der Waals surface area contributed by atoms with Crippen LogP contribution in [-0.4, -0.2) is 47.5 Å². The number of nitrogens with two attached hydrogens (primary N) is 1. The van der Waals surface area contributed by atoms with Crippen molar-refractivity contribution in [3.63, 3.8) is 0 Å². The Kier molecular flexibility index (Phi) is 9.76. The van der Waals surface area contributed by atoms with E-state index in [1.165, 1.54) is 4.57 Å². The van der Waals surface area contributed by atoms with Crippen molar-refractivity contribution in [2.45, 2.75) is 72.6 Å². The highest BCUT2D eigenvalue weighted by Gasteiger charge is 2.17. The molecule has 29 heavy (non-hydrogen) atoms. The molecule has 0 aliphatic carbocycles. The summed E-state index contributed by atoms with van der Waals surface area (Å²) in [5.74, 6) is -0.910. The highest BCUT2D eigenvalue weighted by molar-refractivity contribution is 5.73. The van der Waals surface area contributed by atoms with Crippen molar-refractivity contribution in [3.8, 4) is 0 Å². The molecule has 2 aromatic rings. The monoisotopic (exact) mass is 411 g/mol. The van der Waals surface area contributed by atoms with Crippen molar-refractivity contribution in [1.29, 1.82) is 0 Å². The summed E-state index contributed by atoms with van der Waals surface area (Å²) < 4.78 is 4.59. The number of carboxylic acids is 1. The number of fused-ring (bicyclic) bond motifs is 1. The van der Waals surface area contributed by atoms with Crippen LogP contribution < -0.4 is 17.0 Å². The van der Waals surface area contributed by atoms with Crippen molar-refractivity contribution in [2.75, 3.05) is 6.61 Å². The molecule has 0 radical (unpaired) electrons. The Morgan fingerprint density at radius 2 is 1.72 bits per heavy atom. The maximum absolute atomic E-state index is 12.6. The third kappa shape index (κ3) is 6.01. The quantitative estimate of drug-likeness (QED) is 0.548. The zero-order valence-corrected chi connectivity index (χ0v) is 17.7. The number of aliphatic hydroxyl groups excluding tert-OH is 1. The molecule has 0 aliphatic heterocycles. The molecule has 2 rings (SSSR count). The number of hydrogen-bond acceptors (Lipinski definition) is 6. The predicted octanol–water partition coefficient (Wildman–Crippen LogP) is 0.616. The van der Waals surface area contributed by atoms with E-state index in [0.29, 0.717) is 37.2 Å². The van der Waals surface area contributed by atoms with Gasteiger partial charge in [0.25, 0.3) is 5.56 Å². The van der Waals surface area contributed by atoms with Crippen LogP contribution >= 0.6 is 0 Å². The van der Waals surface area contributed by atoms with Crippen LogP contribution in [0.1, 0.15) is 47.0 Å². The average molecular weight is 412 g/mol. The molecule has 0 aliphatic rings. The van der Waals surface area contributed by atoms with Gasteiger partial charge in [0.2, 0.25) is 0 Å². The number of rotatable bonds is 9. The SMILES string of the molecule is CC(C)[C@H](N)C(=O)O.CCCn1c(=O)c2c(ncn2CCCO)n(CCC)c1=O. The van der Waals surface area contributed by atoms with Crippen molar-refractivity contribution in [3.05, 3.63) is 27.2 Å². The Balaban J connectivity index is 0.000000447. The molecule has 0 spiro atoms. The van der Waals surface area contributed by atoms with Crippen LogP contribution in [0.15, 0.2) is 15.9 Å². The van der Waals surface area contributed by atoms with Gasteiger partial charge in [-0.1, -0.05) is 27.7 Å². The molecule has 0 aromatic carbocycles. The molecular weight excluding hydrogens is 378 g/mol. The lowest BCUT2D eigenvalue weighted by atomic mass is 10.1. The summed E-state index contributed by atoms with van der Waals surface area (Å²) in [6.45, 7) is 8.98. The fraction of sp³-hybridized carbons (Fsp3) is 0.684. The molecule has 2 aromatic heterocycles. The minimum absolute atomic E-state index is 0.0208. The molecule has 0 fully saturated rings. The van der Waals surface area contributed by atoms with E-state index in [2.05, 4.69) is 4.98 Å².